The lowest BCUT2D eigenvalue weighted by atomic mass is 10.0. The molecule has 0 aromatic heterocycles. The molecule has 0 saturated heterocycles. The van der Waals surface area contributed by atoms with Crippen LogP contribution in [0, 0.1) is 0 Å². The Morgan fingerprint density at radius 2 is 1.00 bits per heavy atom. The van der Waals surface area contributed by atoms with Crippen molar-refractivity contribution in [3.05, 3.63) is 11.5 Å². The van der Waals surface area contributed by atoms with Crippen molar-refractivity contribution >= 4 is 0 Å². The SMILES string of the molecule is CC(C)(C)OOC1=C(OOC(C)(C)C)CCCC1. The van der Waals surface area contributed by atoms with E-state index in [4.69, 9.17) is 19.6 Å². The minimum Gasteiger partial charge on any atom is -0.338 e. The predicted octanol–water partition coefficient (Wildman–Crippen LogP) is 4.27. The summed E-state index contributed by atoms with van der Waals surface area (Å²) in [6.07, 6.45) is 3.84. The summed E-state index contributed by atoms with van der Waals surface area (Å²) in [6, 6.07) is 0. The largest absolute Gasteiger partial charge is 0.338 e. The third kappa shape index (κ3) is 6.26. The zero-order valence-corrected chi connectivity index (χ0v) is 12.5. The van der Waals surface area contributed by atoms with Gasteiger partial charge in [0.25, 0.3) is 0 Å². The molecule has 0 spiro atoms. The van der Waals surface area contributed by atoms with E-state index in [2.05, 4.69) is 0 Å². The molecule has 1 aliphatic carbocycles. The van der Waals surface area contributed by atoms with E-state index in [1.807, 2.05) is 41.5 Å². The molecule has 0 atom stereocenters. The van der Waals surface area contributed by atoms with Gasteiger partial charge < -0.3 is 9.78 Å². The van der Waals surface area contributed by atoms with Gasteiger partial charge in [0, 0.05) is 12.8 Å². The first-order valence-corrected chi connectivity index (χ1v) is 6.61. The van der Waals surface area contributed by atoms with Crippen LogP contribution in [-0.2, 0) is 19.6 Å². The standard InChI is InChI=1S/C14H26O4/c1-13(2,3)17-15-11-9-7-8-10-12(11)16-18-14(4,5)6/h7-10H2,1-6H3. The van der Waals surface area contributed by atoms with Crippen LogP contribution in [0.3, 0.4) is 0 Å². The summed E-state index contributed by atoms with van der Waals surface area (Å²) in [5.41, 5.74) is -0.666. The fraction of sp³-hybridized carbons (Fsp3) is 0.857. The summed E-state index contributed by atoms with van der Waals surface area (Å²) in [6.45, 7) is 11.7. The average molecular weight is 258 g/mol. The monoisotopic (exact) mass is 258 g/mol. The molecule has 4 nitrogen and oxygen atoms in total. The fourth-order valence-corrected chi connectivity index (χ4v) is 1.38. The molecule has 18 heavy (non-hydrogen) atoms. The van der Waals surface area contributed by atoms with Gasteiger partial charge in [-0.15, -0.1) is 0 Å². The topological polar surface area (TPSA) is 36.9 Å². The molecule has 0 amide bonds. The van der Waals surface area contributed by atoms with Gasteiger partial charge in [-0.2, -0.15) is 9.78 Å². The Kier molecular flexibility index (Phi) is 5.05. The molecule has 1 rings (SSSR count). The second kappa shape index (κ2) is 5.93. The highest BCUT2D eigenvalue weighted by Crippen LogP contribution is 2.29. The van der Waals surface area contributed by atoms with E-state index < -0.39 is 0 Å². The molecule has 106 valence electrons. The smallest absolute Gasteiger partial charge is 0.184 e. The maximum atomic E-state index is 5.40. The van der Waals surface area contributed by atoms with Crippen molar-refractivity contribution in [2.24, 2.45) is 0 Å². The quantitative estimate of drug-likeness (QED) is 0.557. The molecule has 1 aliphatic rings. The summed E-state index contributed by atoms with van der Waals surface area (Å²) in [5.74, 6) is 1.50. The third-order valence-electron chi connectivity index (χ3n) is 2.15. The van der Waals surface area contributed by atoms with Crippen LogP contribution in [-0.4, -0.2) is 11.2 Å². The lowest BCUT2D eigenvalue weighted by molar-refractivity contribution is -0.347. The molecule has 4 heteroatoms. The van der Waals surface area contributed by atoms with Crippen molar-refractivity contribution in [1.82, 2.24) is 0 Å². The Balaban J connectivity index is 2.59. The molecule has 0 bridgehead atoms. The Morgan fingerprint density at radius 3 is 1.28 bits per heavy atom. The molecule has 0 saturated carbocycles. The average Bonchev–Trinajstić information content (AvgIpc) is 2.22. The number of hydrogen-bond donors (Lipinski definition) is 0. The van der Waals surface area contributed by atoms with E-state index in [0.29, 0.717) is 0 Å². The molecule has 0 aromatic rings. The lowest BCUT2D eigenvalue weighted by Crippen LogP contribution is -2.22. The summed E-state index contributed by atoms with van der Waals surface area (Å²) >= 11 is 0. The van der Waals surface area contributed by atoms with E-state index in [1.165, 1.54) is 0 Å². The Morgan fingerprint density at radius 1 is 0.667 bits per heavy atom. The zero-order valence-electron chi connectivity index (χ0n) is 12.5. The van der Waals surface area contributed by atoms with Gasteiger partial charge in [0.2, 0.25) is 0 Å². The maximum Gasteiger partial charge on any atom is 0.184 e. The molecule has 0 radical (unpaired) electrons. The van der Waals surface area contributed by atoms with Gasteiger partial charge in [-0.25, -0.2) is 0 Å². The second-order valence-corrected chi connectivity index (χ2v) is 6.61. The molecule has 0 aromatic carbocycles. The van der Waals surface area contributed by atoms with E-state index in [1.54, 1.807) is 0 Å². The van der Waals surface area contributed by atoms with Crippen molar-refractivity contribution < 1.29 is 19.6 Å². The summed E-state index contributed by atoms with van der Waals surface area (Å²) in [7, 11) is 0. The summed E-state index contributed by atoms with van der Waals surface area (Å²) < 4.78 is 0. The van der Waals surface area contributed by atoms with Crippen LogP contribution in [0.5, 0.6) is 0 Å². The Bertz CT molecular complexity index is 264. The van der Waals surface area contributed by atoms with Gasteiger partial charge in [0.15, 0.2) is 11.5 Å². The first kappa shape index (κ1) is 15.3. The van der Waals surface area contributed by atoms with Crippen LogP contribution in [0.15, 0.2) is 11.5 Å². The van der Waals surface area contributed by atoms with Crippen molar-refractivity contribution in [2.45, 2.75) is 78.4 Å². The van der Waals surface area contributed by atoms with Gasteiger partial charge in [0.05, 0.1) is 0 Å². The Hall–Kier alpha value is -0.740. The van der Waals surface area contributed by atoms with Gasteiger partial charge in [0.1, 0.15) is 11.2 Å². The van der Waals surface area contributed by atoms with Crippen molar-refractivity contribution in [1.29, 1.82) is 0 Å². The molecular weight excluding hydrogens is 232 g/mol. The van der Waals surface area contributed by atoms with E-state index in [0.717, 1.165) is 37.2 Å². The molecule has 0 unspecified atom stereocenters. The highest BCUT2D eigenvalue weighted by molar-refractivity contribution is 5.04. The van der Waals surface area contributed by atoms with E-state index in [-0.39, 0.29) is 11.2 Å². The number of allylic oxidation sites excluding steroid dienone is 2. The van der Waals surface area contributed by atoms with Crippen molar-refractivity contribution in [2.75, 3.05) is 0 Å². The van der Waals surface area contributed by atoms with Gasteiger partial charge >= 0.3 is 0 Å². The molecular formula is C14H26O4. The minimum atomic E-state index is -0.333. The van der Waals surface area contributed by atoms with Crippen molar-refractivity contribution in [3.8, 4) is 0 Å². The van der Waals surface area contributed by atoms with Gasteiger partial charge in [-0.05, 0) is 54.4 Å². The molecule has 0 fully saturated rings. The molecule has 0 heterocycles. The van der Waals surface area contributed by atoms with E-state index in [9.17, 15) is 0 Å². The van der Waals surface area contributed by atoms with Crippen LogP contribution in [0.25, 0.3) is 0 Å². The maximum absolute atomic E-state index is 5.40. The van der Waals surface area contributed by atoms with Gasteiger partial charge in [-0.3, -0.25) is 0 Å². The van der Waals surface area contributed by atoms with E-state index >= 15 is 0 Å². The predicted molar refractivity (Wildman–Crippen MR) is 69.3 cm³/mol. The van der Waals surface area contributed by atoms with Gasteiger partial charge in [-0.1, -0.05) is 0 Å². The highest BCUT2D eigenvalue weighted by atomic mass is 17.2. The number of rotatable bonds is 4. The van der Waals surface area contributed by atoms with Crippen LogP contribution in [0.4, 0.5) is 0 Å². The zero-order chi connectivity index (χ0) is 13.8. The van der Waals surface area contributed by atoms with Crippen LogP contribution in [0.2, 0.25) is 0 Å². The summed E-state index contributed by atoms with van der Waals surface area (Å²) in [4.78, 5) is 21.5. The molecule has 0 aliphatic heterocycles. The normalized spacial score (nSPS) is 17.9. The van der Waals surface area contributed by atoms with Crippen LogP contribution < -0.4 is 0 Å². The second-order valence-electron chi connectivity index (χ2n) is 6.61. The first-order valence-electron chi connectivity index (χ1n) is 6.61. The van der Waals surface area contributed by atoms with Crippen molar-refractivity contribution in [3.63, 3.8) is 0 Å². The molecule has 0 N–H and O–H groups in total. The summed E-state index contributed by atoms with van der Waals surface area (Å²) in [5, 5.41) is 0. The Labute approximate surface area is 110 Å². The third-order valence-corrected chi connectivity index (χ3v) is 2.15. The number of hydrogen-bond acceptors (Lipinski definition) is 4. The highest BCUT2D eigenvalue weighted by Gasteiger charge is 2.23. The first-order chi connectivity index (χ1) is 8.17. The van der Waals surface area contributed by atoms with Crippen LogP contribution >= 0.6 is 0 Å². The van der Waals surface area contributed by atoms with Crippen LogP contribution in [0.1, 0.15) is 67.2 Å². The fourth-order valence-electron chi connectivity index (χ4n) is 1.38. The lowest BCUT2D eigenvalue weighted by Gasteiger charge is -2.25. The minimum absolute atomic E-state index is 0.333.